The molecule has 2 aromatic rings. The van der Waals surface area contributed by atoms with Crippen molar-refractivity contribution in [1.29, 1.82) is 0 Å². The average Bonchev–Trinajstić information content (AvgIpc) is 2.39. The van der Waals surface area contributed by atoms with E-state index in [1.54, 1.807) is 0 Å². The van der Waals surface area contributed by atoms with Crippen molar-refractivity contribution in [3.63, 3.8) is 0 Å². The number of halogens is 1. The third-order valence-corrected chi connectivity index (χ3v) is 3.42. The highest BCUT2D eigenvalue weighted by molar-refractivity contribution is 6.30. The van der Waals surface area contributed by atoms with Crippen LogP contribution in [0.5, 0.6) is 5.75 Å². The summed E-state index contributed by atoms with van der Waals surface area (Å²) < 4.78 is 6.01. The molecular weight excluding hydrogens is 244 g/mol. The van der Waals surface area contributed by atoms with Crippen LogP contribution >= 0.6 is 11.6 Å². The molecule has 1 aliphatic heterocycles. The Morgan fingerprint density at radius 2 is 1.72 bits per heavy atom. The average molecular weight is 257 g/mol. The second kappa shape index (κ2) is 4.51. The topological polar surface area (TPSA) is 9.23 Å². The van der Waals surface area contributed by atoms with Crippen molar-refractivity contribution in [1.82, 2.24) is 0 Å². The minimum absolute atomic E-state index is 0.0304. The van der Waals surface area contributed by atoms with Gasteiger partial charge in [0.2, 0.25) is 0 Å². The first kappa shape index (κ1) is 11.4. The Labute approximate surface area is 112 Å². The molecule has 1 heterocycles. The van der Waals surface area contributed by atoms with Crippen molar-refractivity contribution in [3.05, 3.63) is 70.8 Å². The number of hydrogen-bond acceptors (Lipinski definition) is 1. The molecule has 90 valence electrons. The fourth-order valence-corrected chi connectivity index (χ4v) is 2.33. The Bertz CT molecular complexity index is 599. The van der Waals surface area contributed by atoms with Gasteiger partial charge in [-0.25, -0.2) is 0 Å². The van der Waals surface area contributed by atoms with Crippen LogP contribution in [-0.2, 0) is 0 Å². The molecule has 0 aliphatic carbocycles. The quantitative estimate of drug-likeness (QED) is 0.707. The van der Waals surface area contributed by atoms with Crippen LogP contribution in [0.3, 0.4) is 0 Å². The summed E-state index contributed by atoms with van der Waals surface area (Å²) in [7, 11) is 0. The van der Waals surface area contributed by atoms with Gasteiger partial charge in [-0.3, -0.25) is 0 Å². The van der Waals surface area contributed by atoms with Crippen molar-refractivity contribution < 1.29 is 4.74 Å². The van der Waals surface area contributed by atoms with Gasteiger partial charge in [0, 0.05) is 10.6 Å². The standard InChI is InChI=1S/C16H13ClO/c1-11-10-16(12-6-8-13(17)9-7-12)18-15-5-3-2-4-14(11)15/h2-10,16H,1H3/t16-/m1/s1. The maximum atomic E-state index is 6.01. The van der Waals surface area contributed by atoms with Crippen molar-refractivity contribution >= 4 is 17.2 Å². The molecule has 0 N–H and O–H groups in total. The number of allylic oxidation sites excluding steroid dienone is 1. The van der Waals surface area contributed by atoms with Gasteiger partial charge in [0.1, 0.15) is 11.9 Å². The van der Waals surface area contributed by atoms with E-state index in [0.717, 1.165) is 16.3 Å². The third-order valence-electron chi connectivity index (χ3n) is 3.17. The van der Waals surface area contributed by atoms with Crippen LogP contribution in [0.25, 0.3) is 5.57 Å². The second-order valence-corrected chi connectivity index (χ2v) is 4.87. The first-order chi connectivity index (χ1) is 8.74. The summed E-state index contributed by atoms with van der Waals surface area (Å²) in [5, 5.41) is 0.746. The van der Waals surface area contributed by atoms with E-state index < -0.39 is 0 Å². The Morgan fingerprint density at radius 1 is 1.00 bits per heavy atom. The van der Waals surface area contributed by atoms with Crippen molar-refractivity contribution in [2.24, 2.45) is 0 Å². The van der Waals surface area contributed by atoms with Gasteiger partial charge in [0.15, 0.2) is 0 Å². The summed E-state index contributed by atoms with van der Waals surface area (Å²) in [5.41, 5.74) is 3.53. The molecule has 0 saturated carbocycles. The third kappa shape index (κ3) is 2.02. The first-order valence-electron chi connectivity index (χ1n) is 5.94. The summed E-state index contributed by atoms with van der Waals surface area (Å²) in [6.45, 7) is 2.12. The monoisotopic (exact) mass is 256 g/mol. The molecule has 1 nitrogen and oxygen atoms in total. The molecule has 0 radical (unpaired) electrons. The Hall–Kier alpha value is -1.73. The molecule has 2 aromatic carbocycles. The molecule has 0 spiro atoms. The number of rotatable bonds is 1. The van der Waals surface area contributed by atoms with Gasteiger partial charge in [-0.05, 0) is 42.3 Å². The SMILES string of the molecule is CC1=C[C@H](c2ccc(Cl)cc2)Oc2ccccc21. The molecule has 1 aliphatic rings. The summed E-state index contributed by atoms with van der Waals surface area (Å²) in [6, 6.07) is 15.9. The van der Waals surface area contributed by atoms with Crippen molar-refractivity contribution in [2.45, 2.75) is 13.0 Å². The van der Waals surface area contributed by atoms with Gasteiger partial charge in [-0.15, -0.1) is 0 Å². The number of hydrogen-bond donors (Lipinski definition) is 0. The molecular formula is C16H13ClO. The maximum absolute atomic E-state index is 6.01. The summed E-state index contributed by atoms with van der Waals surface area (Å²) in [4.78, 5) is 0. The number of fused-ring (bicyclic) bond motifs is 1. The summed E-state index contributed by atoms with van der Waals surface area (Å²) in [6.07, 6.45) is 2.11. The van der Waals surface area contributed by atoms with E-state index in [1.165, 1.54) is 11.1 Å². The minimum Gasteiger partial charge on any atom is -0.481 e. The summed E-state index contributed by atoms with van der Waals surface area (Å²) >= 11 is 5.90. The molecule has 0 fully saturated rings. The van der Waals surface area contributed by atoms with Gasteiger partial charge < -0.3 is 4.74 Å². The minimum atomic E-state index is -0.0304. The van der Waals surface area contributed by atoms with Crippen LogP contribution in [0.4, 0.5) is 0 Å². The lowest BCUT2D eigenvalue weighted by molar-refractivity contribution is 0.250. The Kier molecular flexibility index (Phi) is 2.85. The van der Waals surface area contributed by atoms with E-state index in [-0.39, 0.29) is 6.10 Å². The van der Waals surface area contributed by atoms with Crippen LogP contribution in [0, 0.1) is 0 Å². The van der Waals surface area contributed by atoms with E-state index in [0.29, 0.717) is 0 Å². The van der Waals surface area contributed by atoms with Crippen LogP contribution < -0.4 is 4.74 Å². The van der Waals surface area contributed by atoms with Gasteiger partial charge in [0.05, 0.1) is 0 Å². The van der Waals surface area contributed by atoms with Gasteiger partial charge in [-0.1, -0.05) is 41.9 Å². The highest BCUT2D eigenvalue weighted by Gasteiger charge is 2.19. The van der Waals surface area contributed by atoms with Gasteiger partial charge in [0.25, 0.3) is 0 Å². The van der Waals surface area contributed by atoms with Crippen molar-refractivity contribution in [2.75, 3.05) is 0 Å². The maximum Gasteiger partial charge on any atom is 0.143 e. The van der Waals surface area contributed by atoms with E-state index >= 15 is 0 Å². The number of ether oxygens (including phenoxy) is 1. The van der Waals surface area contributed by atoms with Crippen LogP contribution in [0.1, 0.15) is 24.2 Å². The zero-order valence-corrected chi connectivity index (χ0v) is 10.8. The van der Waals surface area contributed by atoms with Crippen LogP contribution in [0.15, 0.2) is 54.6 Å². The van der Waals surface area contributed by atoms with Gasteiger partial charge >= 0.3 is 0 Å². The van der Waals surface area contributed by atoms with E-state index in [4.69, 9.17) is 16.3 Å². The molecule has 1 atom stereocenters. The normalized spacial score (nSPS) is 17.7. The van der Waals surface area contributed by atoms with E-state index in [2.05, 4.69) is 19.1 Å². The molecule has 3 rings (SSSR count). The largest absolute Gasteiger partial charge is 0.481 e. The van der Waals surface area contributed by atoms with Crippen molar-refractivity contribution in [3.8, 4) is 5.75 Å². The van der Waals surface area contributed by atoms with Crippen LogP contribution in [0.2, 0.25) is 5.02 Å². The fraction of sp³-hybridized carbons (Fsp3) is 0.125. The lowest BCUT2D eigenvalue weighted by atomic mass is 9.98. The summed E-state index contributed by atoms with van der Waals surface area (Å²) in [5.74, 6) is 0.942. The van der Waals surface area contributed by atoms with E-state index in [1.807, 2.05) is 42.5 Å². The molecule has 0 aromatic heterocycles. The smallest absolute Gasteiger partial charge is 0.143 e. The molecule has 0 unspecified atom stereocenters. The predicted octanol–water partition coefficient (Wildman–Crippen LogP) is 4.88. The molecule has 2 heteroatoms. The highest BCUT2D eigenvalue weighted by Crippen LogP contribution is 2.36. The fourth-order valence-electron chi connectivity index (χ4n) is 2.20. The zero-order chi connectivity index (χ0) is 12.5. The molecule has 0 saturated heterocycles. The zero-order valence-electron chi connectivity index (χ0n) is 10.1. The molecule has 18 heavy (non-hydrogen) atoms. The molecule has 0 bridgehead atoms. The Morgan fingerprint density at radius 3 is 2.50 bits per heavy atom. The molecule has 0 amide bonds. The first-order valence-corrected chi connectivity index (χ1v) is 6.32. The predicted molar refractivity (Wildman–Crippen MR) is 74.9 cm³/mol. The van der Waals surface area contributed by atoms with E-state index in [9.17, 15) is 0 Å². The lowest BCUT2D eigenvalue weighted by Gasteiger charge is -2.24. The van der Waals surface area contributed by atoms with Crippen LogP contribution in [-0.4, -0.2) is 0 Å². The number of para-hydroxylation sites is 1. The van der Waals surface area contributed by atoms with Gasteiger partial charge in [-0.2, -0.15) is 0 Å². The number of benzene rings is 2. The highest BCUT2D eigenvalue weighted by atomic mass is 35.5. The lowest BCUT2D eigenvalue weighted by Crippen LogP contribution is -2.10. The Balaban J connectivity index is 1.99. The second-order valence-electron chi connectivity index (χ2n) is 4.44.